The van der Waals surface area contributed by atoms with Crippen LogP contribution in [0.3, 0.4) is 0 Å². The monoisotopic (exact) mass is 291 g/mol. The number of ether oxygens (including phenoxy) is 1. The molecule has 1 aliphatic rings. The van der Waals surface area contributed by atoms with Gasteiger partial charge in [0.25, 0.3) is 0 Å². The zero-order valence-corrected chi connectivity index (χ0v) is 12.6. The van der Waals surface area contributed by atoms with Gasteiger partial charge in [0.1, 0.15) is 6.61 Å². The Morgan fingerprint density at radius 3 is 2.67 bits per heavy atom. The summed E-state index contributed by atoms with van der Waals surface area (Å²) >= 11 is 0. The van der Waals surface area contributed by atoms with Crippen LogP contribution in [0.4, 0.5) is 0 Å². The summed E-state index contributed by atoms with van der Waals surface area (Å²) in [5.74, 6) is -0.938. The van der Waals surface area contributed by atoms with E-state index in [0.29, 0.717) is 6.54 Å². The van der Waals surface area contributed by atoms with E-state index in [4.69, 9.17) is 4.74 Å². The normalized spacial score (nSPS) is 22.7. The van der Waals surface area contributed by atoms with Crippen molar-refractivity contribution >= 4 is 11.9 Å². The lowest BCUT2D eigenvalue weighted by atomic mass is 9.93. The second kappa shape index (κ2) is 6.26. The van der Waals surface area contributed by atoms with Crippen molar-refractivity contribution in [3.63, 3.8) is 0 Å². The first-order chi connectivity index (χ1) is 9.91. The average molecular weight is 291 g/mol. The average Bonchev–Trinajstić information content (AvgIpc) is 2.41. The fraction of sp³-hybridized carbons (Fsp3) is 0.500. The molecule has 1 fully saturated rings. The summed E-state index contributed by atoms with van der Waals surface area (Å²) in [4.78, 5) is 25.4. The number of amides is 1. The highest BCUT2D eigenvalue weighted by Gasteiger charge is 2.42. The molecule has 1 heterocycles. The summed E-state index contributed by atoms with van der Waals surface area (Å²) < 4.78 is 5.29. The SMILES string of the molecule is Cc1ccccc1C1C(C(=O)O)OCC(=O)N1CC(C)C. The van der Waals surface area contributed by atoms with E-state index in [1.807, 2.05) is 45.0 Å². The highest BCUT2D eigenvalue weighted by Crippen LogP contribution is 2.32. The summed E-state index contributed by atoms with van der Waals surface area (Å²) in [6.07, 6.45) is -1.03. The molecule has 1 N–H and O–H groups in total. The molecule has 1 aromatic carbocycles. The molecule has 114 valence electrons. The van der Waals surface area contributed by atoms with Crippen LogP contribution in [0.2, 0.25) is 0 Å². The van der Waals surface area contributed by atoms with Crippen molar-refractivity contribution < 1.29 is 19.4 Å². The third-order valence-corrected chi connectivity index (χ3v) is 3.64. The van der Waals surface area contributed by atoms with Crippen LogP contribution < -0.4 is 0 Å². The molecule has 1 saturated heterocycles. The number of carboxylic acid groups (broad SMARTS) is 1. The Bertz CT molecular complexity index is 541. The molecule has 1 aliphatic heterocycles. The lowest BCUT2D eigenvalue weighted by molar-refractivity contribution is -0.173. The third-order valence-electron chi connectivity index (χ3n) is 3.64. The molecule has 1 aromatic rings. The summed E-state index contributed by atoms with van der Waals surface area (Å²) in [7, 11) is 0. The lowest BCUT2D eigenvalue weighted by Crippen LogP contribution is -2.53. The number of rotatable bonds is 4. The number of aryl methyl sites for hydroxylation is 1. The highest BCUT2D eigenvalue weighted by atomic mass is 16.5. The molecule has 0 saturated carbocycles. The Balaban J connectivity index is 2.46. The maximum Gasteiger partial charge on any atom is 0.335 e. The topological polar surface area (TPSA) is 66.8 Å². The Hall–Kier alpha value is -1.88. The summed E-state index contributed by atoms with van der Waals surface area (Å²) in [6, 6.07) is 6.96. The molecule has 0 spiro atoms. The molecule has 2 unspecified atom stereocenters. The summed E-state index contributed by atoms with van der Waals surface area (Å²) in [5, 5.41) is 9.44. The Kier molecular flexibility index (Phi) is 4.63. The zero-order chi connectivity index (χ0) is 15.6. The first-order valence-corrected chi connectivity index (χ1v) is 7.11. The van der Waals surface area contributed by atoms with Gasteiger partial charge in [-0.25, -0.2) is 4.79 Å². The van der Waals surface area contributed by atoms with Gasteiger partial charge in [-0.1, -0.05) is 38.1 Å². The fourth-order valence-electron chi connectivity index (χ4n) is 2.72. The number of aliphatic carboxylic acids is 1. The van der Waals surface area contributed by atoms with Gasteiger partial charge in [0.05, 0.1) is 6.04 Å². The van der Waals surface area contributed by atoms with Crippen LogP contribution in [-0.2, 0) is 14.3 Å². The Morgan fingerprint density at radius 1 is 1.43 bits per heavy atom. The van der Waals surface area contributed by atoms with Crippen LogP contribution in [0, 0.1) is 12.8 Å². The molecule has 0 aliphatic carbocycles. The molecule has 0 radical (unpaired) electrons. The predicted molar refractivity (Wildman–Crippen MR) is 77.8 cm³/mol. The maximum absolute atomic E-state index is 12.2. The van der Waals surface area contributed by atoms with Crippen molar-refractivity contribution in [2.45, 2.75) is 32.9 Å². The van der Waals surface area contributed by atoms with Crippen LogP contribution in [0.25, 0.3) is 0 Å². The van der Waals surface area contributed by atoms with Crippen molar-refractivity contribution in [2.24, 2.45) is 5.92 Å². The van der Waals surface area contributed by atoms with Crippen LogP contribution >= 0.6 is 0 Å². The first-order valence-electron chi connectivity index (χ1n) is 7.11. The van der Waals surface area contributed by atoms with E-state index < -0.39 is 18.1 Å². The number of benzene rings is 1. The minimum atomic E-state index is -1.04. The van der Waals surface area contributed by atoms with Crippen LogP contribution in [0.1, 0.15) is 31.0 Å². The Morgan fingerprint density at radius 2 is 2.10 bits per heavy atom. The first kappa shape index (κ1) is 15.5. The molecular weight excluding hydrogens is 270 g/mol. The predicted octanol–water partition coefficient (Wildman–Crippen LogP) is 2.00. The van der Waals surface area contributed by atoms with Gasteiger partial charge < -0.3 is 14.7 Å². The van der Waals surface area contributed by atoms with E-state index in [9.17, 15) is 14.7 Å². The van der Waals surface area contributed by atoms with Crippen molar-refractivity contribution in [1.29, 1.82) is 0 Å². The molecule has 0 aromatic heterocycles. The zero-order valence-electron chi connectivity index (χ0n) is 12.6. The van der Waals surface area contributed by atoms with Gasteiger partial charge in [-0.2, -0.15) is 0 Å². The third kappa shape index (κ3) is 3.24. The van der Waals surface area contributed by atoms with E-state index in [1.165, 1.54) is 0 Å². The molecule has 5 heteroatoms. The van der Waals surface area contributed by atoms with E-state index in [-0.39, 0.29) is 18.4 Å². The van der Waals surface area contributed by atoms with Gasteiger partial charge in [-0.3, -0.25) is 4.79 Å². The molecule has 0 bridgehead atoms. The smallest absolute Gasteiger partial charge is 0.335 e. The van der Waals surface area contributed by atoms with Gasteiger partial charge in [-0.05, 0) is 24.0 Å². The molecule has 21 heavy (non-hydrogen) atoms. The van der Waals surface area contributed by atoms with Crippen LogP contribution in [0.5, 0.6) is 0 Å². The summed E-state index contributed by atoms with van der Waals surface area (Å²) in [5.41, 5.74) is 1.79. The van der Waals surface area contributed by atoms with Crippen molar-refractivity contribution in [2.75, 3.05) is 13.2 Å². The van der Waals surface area contributed by atoms with Gasteiger partial charge in [0, 0.05) is 6.54 Å². The molecule has 2 atom stereocenters. The largest absolute Gasteiger partial charge is 0.479 e. The van der Waals surface area contributed by atoms with E-state index in [0.717, 1.165) is 11.1 Å². The second-order valence-corrected chi connectivity index (χ2v) is 5.81. The van der Waals surface area contributed by atoms with Gasteiger partial charge >= 0.3 is 5.97 Å². The van der Waals surface area contributed by atoms with Crippen LogP contribution in [-0.4, -0.2) is 41.1 Å². The number of carbonyl (C=O) groups excluding carboxylic acids is 1. The van der Waals surface area contributed by atoms with E-state index >= 15 is 0 Å². The maximum atomic E-state index is 12.2. The standard InChI is InChI=1S/C16H21NO4/c1-10(2)8-17-13(18)9-21-15(16(19)20)14(17)12-7-5-4-6-11(12)3/h4-7,10,14-15H,8-9H2,1-3H3,(H,19,20). The quantitative estimate of drug-likeness (QED) is 0.921. The number of hydrogen-bond acceptors (Lipinski definition) is 3. The minimum Gasteiger partial charge on any atom is -0.479 e. The van der Waals surface area contributed by atoms with Gasteiger partial charge in [0.15, 0.2) is 6.10 Å². The van der Waals surface area contributed by atoms with Crippen LogP contribution in [0.15, 0.2) is 24.3 Å². The molecule has 1 amide bonds. The van der Waals surface area contributed by atoms with Gasteiger partial charge in [-0.15, -0.1) is 0 Å². The second-order valence-electron chi connectivity index (χ2n) is 5.81. The highest BCUT2D eigenvalue weighted by molar-refractivity contribution is 5.83. The number of carboxylic acids is 1. The van der Waals surface area contributed by atoms with E-state index in [1.54, 1.807) is 4.90 Å². The number of carbonyl (C=O) groups is 2. The number of nitrogens with zero attached hydrogens (tertiary/aromatic N) is 1. The molecule has 5 nitrogen and oxygen atoms in total. The molecule has 2 rings (SSSR count). The van der Waals surface area contributed by atoms with Gasteiger partial charge in [0.2, 0.25) is 5.91 Å². The van der Waals surface area contributed by atoms with E-state index in [2.05, 4.69) is 0 Å². The van der Waals surface area contributed by atoms with Crippen molar-refractivity contribution in [3.8, 4) is 0 Å². The Labute approximate surface area is 124 Å². The molecular formula is C16H21NO4. The van der Waals surface area contributed by atoms with Crippen molar-refractivity contribution in [1.82, 2.24) is 4.90 Å². The number of hydrogen-bond donors (Lipinski definition) is 1. The van der Waals surface area contributed by atoms with Crippen molar-refractivity contribution in [3.05, 3.63) is 35.4 Å². The lowest BCUT2D eigenvalue weighted by Gasteiger charge is -2.41. The minimum absolute atomic E-state index is 0.158. The number of morpholine rings is 1. The summed E-state index contributed by atoms with van der Waals surface area (Å²) in [6.45, 7) is 6.28. The fourth-order valence-corrected chi connectivity index (χ4v) is 2.72.